The van der Waals surface area contributed by atoms with Crippen LogP contribution in [0.3, 0.4) is 0 Å². The number of hydrogen-bond donors (Lipinski definition) is 1. The average molecular weight is 506 g/mol. The highest BCUT2D eigenvalue weighted by molar-refractivity contribution is 5.83. The molecule has 0 saturated carbocycles. The Balaban J connectivity index is 1.48. The van der Waals surface area contributed by atoms with E-state index >= 15 is 0 Å². The maximum Gasteiger partial charge on any atom is 0.323 e. The van der Waals surface area contributed by atoms with E-state index in [4.69, 9.17) is 9.47 Å². The SMILES string of the molecule is CC(C)Oc1ccccc1CN(CC(=O)O)C(=O)Cc1ccc2c(c1)C[C@@](C)(Cc1ccccc1F)O2. The summed E-state index contributed by atoms with van der Waals surface area (Å²) in [6.45, 7) is 5.49. The predicted molar refractivity (Wildman–Crippen MR) is 138 cm³/mol. The molecule has 4 rings (SSSR count). The zero-order valence-corrected chi connectivity index (χ0v) is 21.4. The Labute approximate surface area is 216 Å². The van der Waals surface area contributed by atoms with E-state index in [1.807, 2.05) is 69.3 Å². The van der Waals surface area contributed by atoms with E-state index in [0.29, 0.717) is 24.2 Å². The molecule has 1 aliphatic rings. The first kappa shape index (κ1) is 26.2. The van der Waals surface area contributed by atoms with Crippen LogP contribution in [0, 0.1) is 5.82 Å². The molecule has 0 aromatic heterocycles. The molecule has 3 aromatic rings. The molecule has 194 valence electrons. The number of aliphatic carboxylic acids is 1. The summed E-state index contributed by atoms with van der Waals surface area (Å²) in [4.78, 5) is 26.1. The molecule has 1 aliphatic heterocycles. The van der Waals surface area contributed by atoms with Crippen molar-refractivity contribution in [3.8, 4) is 11.5 Å². The van der Waals surface area contributed by atoms with Crippen molar-refractivity contribution >= 4 is 11.9 Å². The fraction of sp³-hybridized carbons (Fsp3) is 0.333. The van der Waals surface area contributed by atoms with Crippen LogP contribution in [0.2, 0.25) is 0 Å². The molecule has 0 spiro atoms. The van der Waals surface area contributed by atoms with Crippen molar-refractivity contribution in [1.29, 1.82) is 0 Å². The van der Waals surface area contributed by atoms with Crippen LogP contribution in [-0.2, 0) is 35.4 Å². The molecule has 1 heterocycles. The molecule has 6 nitrogen and oxygen atoms in total. The third-order valence-electron chi connectivity index (χ3n) is 6.30. The minimum atomic E-state index is -1.08. The first-order valence-electron chi connectivity index (χ1n) is 12.4. The lowest BCUT2D eigenvalue weighted by atomic mass is 9.91. The van der Waals surface area contributed by atoms with Crippen LogP contribution in [0.5, 0.6) is 11.5 Å². The highest BCUT2D eigenvalue weighted by atomic mass is 19.1. The van der Waals surface area contributed by atoms with E-state index in [9.17, 15) is 19.1 Å². The highest BCUT2D eigenvalue weighted by Crippen LogP contribution is 2.38. The second kappa shape index (κ2) is 11.0. The van der Waals surface area contributed by atoms with Crippen molar-refractivity contribution in [2.45, 2.75) is 58.3 Å². The molecule has 0 fully saturated rings. The van der Waals surface area contributed by atoms with Crippen LogP contribution in [0.15, 0.2) is 66.7 Å². The first-order valence-corrected chi connectivity index (χ1v) is 12.4. The lowest BCUT2D eigenvalue weighted by molar-refractivity contribution is -0.144. The maximum absolute atomic E-state index is 14.2. The van der Waals surface area contributed by atoms with Gasteiger partial charge in [-0.3, -0.25) is 9.59 Å². The van der Waals surface area contributed by atoms with Gasteiger partial charge in [-0.25, -0.2) is 4.39 Å². The molecular formula is C30H32FNO5. The minimum absolute atomic E-state index is 0.0533. The predicted octanol–water partition coefficient (Wildman–Crippen LogP) is 5.21. The van der Waals surface area contributed by atoms with Crippen molar-refractivity contribution in [1.82, 2.24) is 4.90 Å². The number of carbonyl (C=O) groups is 2. The topological polar surface area (TPSA) is 76.1 Å². The molecule has 1 N–H and O–H groups in total. The summed E-state index contributed by atoms with van der Waals surface area (Å²) in [6, 6.07) is 19.6. The second-order valence-corrected chi connectivity index (χ2v) is 10.0. The molecule has 0 aliphatic carbocycles. The zero-order chi connectivity index (χ0) is 26.6. The fourth-order valence-corrected chi connectivity index (χ4v) is 4.72. The van der Waals surface area contributed by atoms with Gasteiger partial charge in [-0.05, 0) is 55.7 Å². The Morgan fingerprint density at radius 1 is 1.08 bits per heavy atom. The van der Waals surface area contributed by atoms with Gasteiger partial charge in [0.1, 0.15) is 29.5 Å². The number of carboxylic acid groups (broad SMARTS) is 1. The van der Waals surface area contributed by atoms with Crippen LogP contribution < -0.4 is 9.47 Å². The number of carbonyl (C=O) groups excluding carboxylic acids is 1. The number of rotatable bonds is 10. The number of para-hydroxylation sites is 1. The van der Waals surface area contributed by atoms with Crippen LogP contribution in [-0.4, -0.2) is 40.1 Å². The number of benzene rings is 3. The Hall–Kier alpha value is -3.87. The van der Waals surface area contributed by atoms with Crippen molar-refractivity contribution < 1.29 is 28.6 Å². The van der Waals surface area contributed by atoms with Crippen molar-refractivity contribution in [3.63, 3.8) is 0 Å². The molecule has 3 aromatic carbocycles. The van der Waals surface area contributed by atoms with Gasteiger partial charge in [0, 0.05) is 24.9 Å². The van der Waals surface area contributed by atoms with Gasteiger partial charge in [0.2, 0.25) is 5.91 Å². The van der Waals surface area contributed by atoms with Crippen molar-refractivity contribution in [2.24, 2.45) is 0 Å². The molecule has 0 radical (unpaired) electrons. The summed E-state index contributed by atoms with van der Waals surface area (Å²) in [5, 5.41) is 9.45. The standard InChI is InChI=1S/C30H32FNO5/c1-20(2)36-26-11-7-5-9-23(26)18-32(19-29(34)35)28(33)15-21-12-13-27-24(14-21)17-30(3,37-27)16-22-8-4-6-10-25(22)31/h4-14,20H,15-19H2,1-3H3,(H,34,35)/t30-/m1/s1. The summed E-state index contributed by atoms with van der Waals surface area (Å²) in [6.07, 6.45) is 1.00. The Bertz CT molecular complexity index is 1290. The zero-order valence-electron chi connectivity index (χ0n) is 21.4. The number of fused-ring (bicyclic) bond motifs is 1. The second-order valence-electron chi connectivity index (χ2n) is 10.0. The number of nitrogens with zero attached hydrogens (tertiary/aromatic N) is 1. The normalized spacial score (nSPS) is 16.2. The van der Waals surface area contributed by atoms with Gasteiger partial charge in [-0.2, -0.15) is 0 Å². The van der Waals surface area contributed by atoms with Gasteiger partial charge in [0.25, 0.3) is 0 Å². The van der Waals surface area contributed by atoms with Gasteiger partial charge < -0.3 is 19.5 Å². The summed E-state index contributed by atoms with van der Waals surface area (Å²) < 4.78 is 26.2. The number of hydrogen-bond acceptors (Lipinski definition) is 4. The lowest BCUT2D eigenvalue weighted by Gasteiger charge is -2.24. The van der Waals surface area contributed by atoms with Gasteiger partial charge in [0.05, 0.1) is 12.5 Å². The first-order chi connectivity index (χ1) is 17.6. The largest absolute Gasteiger partial charge is 0.491 e. The summed E-state index contributed by atoms with van der Waals surface area (Å²) >= 11 is 0. The van der Waals surface area contributed by atoms with Gasteiger partial charge >= 0.3 is 5.97 Å². The number of halogens is 1. The third-order valence-corrected chi connectivity index (χ3v) is 6.30. The molecular weight excluding hydrogens is 473 g/mol. The Morgan fingerprint density at radius 3 is 2.49 bits per heavy atom. The number of carboxylic acids is 1. The molecule has 37 heavy (non-hydrogen) atoms. The Kier molecular flexibility index (Phi) is 7.81. The third kappa shape index (κ3) is 6.67. The van der Waals surface area contributed by atoms with Gasteiger partial charge in [-0.15, -0.1) is 0 Å². The Morgan fingerprint density at radius 2 is 1.78 bits per heavy atom. The van der Waals surface area contributed by atoms with Crippen LogP contribution >= 0.6 is 0 Å². The van der Waals surface area contributed by atoms with Gasteiger partial charge in [0.15, 0.2) is 0 Å². The van der Waals surface area contributed by atoms with Crippen molar-refractivity contribution in [2.75, 3.05) is 6.54 Å². The number of ether oxygens (including phenoxy) is 2. The summed E-state index contributed by atoms with van der Waals surface area (Å²) in [7, 11) is 0. The minimum Gasteiger partial charge on any atom is -0.491 e. The highest BCUT2D eigenvalue weighted by Gasteiger charge is 2.36. The summed E-state index contributed by atoms with van der Waals surface area (Å²) in [5.74, 6) is -0.285. The van der Waals surface area contributed by atoms with Crippen molar-refractivity contribution in [3.05, 3.63) is 94.8 Å². The lowest BCUT2D eigenvalue weighted by Crippen LogP contribution is -2.36. The summed E-state index contributed by atoms with van der Waals surface area (Å²) in [5.41, 5.74) is 2.47. The van der Waals surface area contributed by atoms with E-state index in [1.54, 1.807) is 12.1 Å². The van der Waals surface area contributed by atoms with E-state index in [-0.39, 0.29) is 30.8 Å². The van der Waals surface area contributed by atoms with E-state index in [0.717, 1.165) is 22.4 Å². The molecule has 7 heteroatoms. The monoisotopic (exact) mass is 505 g/mol. The maximum atomic E-state index is 14.2. The molecule has 0 unspecified atom stereocenters. The average Bonchev–Trinajstić information content (AvgIpc) is 3.16. The smallest absolute Gasteiger partial charge is 0.323 e. The molecule has 0 saturated heterocycles. The van der Waals surface area contributed by atoms with Gasteiger partial charge in [-0.1, -0.05) is 48.5 Å². The van der Waals surface area contributed by atoms with Crippen LogP contribution in [0.1, 0.15) is 43.0 Å². The van der Waals surface area contributed by atoms with E-state index in [2.05, 4.69) is 0 Å². The number of amides is 1. The van der Waals surface area contributed by atoms with E-state index in [1.165, 1.54) is 11.0 Å². The van der Waals surface area contributed by atoms with E-state index < -0.39 is 18.1 Å². The molecule has 1 amide bonds. The van der Waals surface area contributed by atoms with Crippen LogP contribution in [0.25, 0.3) is 0 Å². The quantitative estimate of drug-likeness (QED) is 0.410. The fourth-order valence-electron chi connectivity index (χ4n) is 4.72. The molecule has 1 atom stereocenters. The molecule has 0 bridgehead atoms. The van der Waals surface area contributed by atoms with Crippen LogP contribution in [0.4, 0.5) is 4.39 Å².